The van der Waals surface area contributed by atoms with Crippen LogP contribution < -0.4 is 5.32 Å². The topological polar surface area (TPSA) is 75.6 Å². The Hall–Kier alpha value is -0.750. The molecule has 5 nitrogen and oxygen atoms in total. The molecule has 17 heavy (non-hydrogen) atoms. The van der Waals surface area contributed by atoms with Crippen LogP contribution in [-0.4, -0.2) is 48.2 Å². The molecule has 0 rings (SSSR count). The van der Waals surface area contributed by atoms with E-state index >= 15 is 0 Å². The minimum atomic E-state index is -0.978. The van der Waals surface area contributed by atoms with Crippen molar-refractivity contribution >= 4 is 23.6 Å². The smallest absolute Gasteiger partial charge is 0.326 e. The van der Waals surface area contributed by atoms with Crippen molar-refractivity contribution in [3.8, 4) is 0 Å². The van der Waals surface area contributed by atoms with Crippen LogP contribution in [0.1, 0.15) is 20.3 Å². The van der Waals surface area contributed by atoms with Crippen molar-refractivity contribution in [2.45, 2.75) is 26.3 Å². The standard InChI is InChI=1S/C11H21NO4S/c1-8(2)6-9(11(14)15)12-10(13)7-17-5-4-16-3/h8-9H,4-7H2,1-3H3,(H,12,13)(H,14,15). The Kier molecular flexibility index (Phi) is 8.89. The Bertz CT molecular complexity index is 246. The summed E-state index contributed by atoms with van der Waals surface area (Å²) in [7, 11) is 1.60. The number of methoxy groups -OCH3 is 1. The first-order valence-corrected chi connectivity index (χ1v) is 6.71. The van der Waals surface area contributed by atoms with Crippen molar-refractivity contribution in [3.63, 3.8) is 0 Å². The second kappa shape index (κ2) is 9.30. The molecule has 0 aliphatic carbocycles. The second-order valence-corrected chi connectivity index (χ2v) is 5.24. The van der Waals surface area contributed by atoms with Crippen molar-refractivity contribution in [3.05, 3.63) is 0 Å². The number of carbonyl (C=O) groups excluding carboxylic acids is 1. The van der Waals surface area contributed by atoms with E-state index in [-0.39, 0.29) is 17.6 Å². The van der Waals surface area contributed by atoms with E-state index in [0.29, 0.717) is 13.0 Å². The summed E-state index contributed by atoms with van der Waals surface area (Å²) in [5.74, 6) is 0.0162. The lowest BCUT2D eigenvalue weighted by atomic mass is 10.0. The van der Waals surface area contributed by atoms with Crippen LogP contribution in [0, 0.1) is 5.92 Å². The fourth-order valence-electron chi connectivity index (χ4n) is 1.24. The molecular weight excluding hydrogens is 242 g/mol. The molecule has 0 aromatic carbocycles. The number of hydrogen-bond acceptors (Lipinski definition) is 4. The van der Waals surface area contributed by atoms with Gasteiger partial charge in [0, 0.05) is 12.9 Å². The number of amides is 1. The van der Waals surface area contributed by atoms with Gasteiger partial charge < -0.3 is 15.2 Å². The maximum atomic E-state index is 11.5. The summed E-state index contributed by atoms with van der Waals surface area (Å²) in [4.78, 5) is 22.4. The third-order valence-corrected chi connectivity index (χ3v) is 2.93. The van der Waals surface area contributed by atoms with Crippen molar-refractivity contribution in [1.29, 1.82) is 0 Å². The zero-order valence-electron chi connectivity index (χ0n) is 10.6. The van der Waals surface area contributed by atoms with Crippen LogP contribution >= 0.6 is 11.8 Å². The monoisotopic (exact) mass is 263 g/mol. The van der Waals surface area contributed by atoms with Gasteiger partial charge in [-0.05, 0) is 12.3 Å². The molecule has 0 saturated carbocycles. The Morgan fingerprint density at radius 3 is 2.53 bits per heavy atom. The number of carboxylic acids is 1. The first kappa shape index (κ1) is 16.2. The summed E-state index contributed by atoms with van der Waals surface area (Å²) in [6.07, 6.45) is 0.448. The van der Waals surface area contributed by atoms with E-state index in [1.807, 2.05) is 13.8 Å². The molecule has 0 spiro atoms. The fourth-order valence-corrected chi connectivity index (χ4v) is 1.93. The molecule has 0 bridgehead atoms. The average molecular weight is 263 g/mol. The van der Waals surface area contributed by atoms with Gasteiger partial charge in [0.1, 0.15) is 6.04 Å². The van der Waals surface area contributed by atoms with Crippen LogP contribution in [0.3, 0.4) is 0 Å². The summed E-state index contributed by atoms with van der Waals surface area (Å²) in [6.45, 7) is 4.44. The number of rotatable bonds is 9. The van der Waals surface area contributed by atoms with Crippen molar-refractivity contribution in [2.75, 3.05) is 25.2 Å². The van der Waals surface area contributed by atoms with Gasteiger partial charge in [-0.3, -0.25) is 4.79 Å². The van der Waals surface area contributed by atoms with Gasteiger partial charge in [-0.2, -0.15) is 0 Å². The van der Waals surface area contributed by atoms with Crippen LogP contribution in [0.4, 0.5) is 0 Å². The summed E-state index contributed by atoms with van der Waals surface area (Å²) < 4.78 is 4.85. The van der Waals surface area contributed by atoms with Crippen LogP contribution in [-0.2, 0) is 14.3 Å². The van der Waals surface area contributed by atoms with Gasteiger partial charge in [0.15, 0.2) is 0 Å². The lowest BCUT2D eigenvalue weighted by Crippen LogP contribution is -2.42. The third kappa shape index (κ3) is 9.00. The van der Waals surface area contributed by atoms with Gasteiger partial charge in [0.05, 0.1) is 12.4 Å². The Morgan fingerprint density at radius 2 is 2.06 bits per heavy atom. The molecule has 1 atom stereocenters. The highest BCUT2D eigenvalue weighted by atomic mass is 32.2. The zero-order valence-corrected chi connectivity index (χ0v) is 11.4. The van der Waals surface area contributed by atoms with Crippen molar-refractivity contribution < 1.29 is 19.4 Å². The Morgan fingerprint density at radius 1 is 1.41 bits per heavy atom. The highest BCUT2D eigenvalue weighted by molar-refractivity contribution is 7.99. The molecule has 0 radical (unpaired) electrons. The van der Waals surface area contributed by atoms with Gasteiger partial charge in [-0.25, -0.2) is 4.79 Å². The van der Waals surface area contributed by atoms with E-state index < -0.39 is 12.0 Å². The predicted octanol–water partition coefficient (Wildman–Crippen LogP) is 0.981. The summed E-state index contributed by atoms with van der Waals surface area (Å²) in [5.41, 5.74) is 0. The summed E-state index contributed by atoms with van der Waals surface area (Å²) in [6, 6.07) is -0.787. The Balaban J connectivity index is 3.91. The first-order valence-electron chi connectivity index (χ1n) is 5.56. The minimum Gasteiger partial charge on any atom is -0.480 e. The fraction of sp³-hybridized carbons (Fsp3) is 0.818. The largest absolute Gasteiger partial charge is 0.480 e. The number of thioether (sulfide) groups is 1. The number of aliphatic carboxylic acids is 1. The zero-order chi connectivity index (χ0) is 13.3. The highest BCUT2D eigenvalue weighted by Gasteiger charge is 2.20. The number of nitrogens with one attached hydrogen (secondary N) is 1. The lowest BCUT2D eigenvalue weighted by Gasteiger charge is -2.16. The van der Waals surface area contributed by atoms with Crippen LogP contribution in [0.15, 0.2) is 0 Å². The third-order valence-electron chi connectivity index (χ3n) is 2.01. The molecule has 2 N–H and O–H groups in total. The maximum absolute atomic E-state index is 11.5. The molecule has 0 saturated heterocycles. The number of hydrogen-bond donors (Lipinski definition) is 2. The van der Waals surface area contributed by atoms with Crippen molar-refractivity contribution in [2.24, 2.45) is 5.92 Å². The van der Waals surface area contributed by atoms with E-state index in [2.05, 4.69) is 5.32 Å². The molecule has 0 heterocycles. The quantitative estimate of drug-likeness (QED) is 0.607. The maximum Gasteiger partial charge on any atom is 0.326 e. The molecule has 0 aliphatic rings. The summed E-state index contributed by atoms with van der Waals surface area (Å²) >= 11 is 1.43. The Labute approximate surface area is 106 Å². The SMILES string of the molecule is COCCSCC(=O)NC(CC(C)C)C(=O)O. The van der Waals surface area contributed by atoms with Crippen LogP contribution in [0.2, 0.25) is 0 Å². The number of carboxylic acid groups (broad SMARTS) is 1. The van der Waals surface area contributed by atoms with Gasteiger partial charge in [-0.15, -0.1) is 11.8 Å². The van der Waals surface area contributed by atoms with Gasteiger partial charge in [0.2, 0.25) is 5.91 Å². The van der Waals surface area contributed by atoms with E-state index in [1.165, 1.54) is 11.8 Å². The highest BCUT2D eigenvalue weighted by Crippen LogP contribution is 2.06. The molecule has 0 aromatic rings. The van der Waals surface area contributed by atoms with Gasteiger partial charge in [-0.1, -0.05) is 13.8 Å². The number of carbonyl (C=O) groups is 2. The second-order valence-electron chi connectivity index (χ2n) is 4.13. The van der Waals surface area contributed by atoms with Gasteiger partial charge >= 0.3 is 5.97 Å². The van der Waals surface area contributed by atoms with E-state index in [1.54, 1.807) is 7.11 Å². The predicted molar refractivity (Wildman–Crippen MR) is 68.2 cm³/mol. The molecule has 6 heteroatoms. The molecule has 1 unspecified atom stereocenters. The van der Waals surface area contributed by atoms with Crippen molar-refractivity contribution in [1.82, 2.24) is 5.32 Å². The van der Waals surface area contributed by atoms with E-state index in [4.69, 9.17) is 9.84 Å². The molecule has 0 aliphatic heterocycles. The van der Waals surface area contributed by atoms with E-state index in [0.717, 1.165) is 5.75 Å². The molecule has 100 valence electrons. The molecule has 1 amide bonds. The molecule has 0 fully saturated rings. The van der Waals surface area contributed by atoms with Crippen LogP contribution in [0.25, 0.3) is 0 Å². The normalized spacial score (nSPS) is 12.5. The first-order chi connectivity index (χ1) is 7.97. The average Bonchev–Trinajstić information content (AvgIpc) is 2.22. The number of ether oxygens (including phenoxy) is 1. The van der Waals surface area contributed by atoms with Gasteiger partial charge in [0.25, 0.3) is 0 Å². The van der Waals surface area contributed by atoms with E-state index in [9.17, 15) is 9.59 Å². The minimum absolute atomic E-state index is 0.234. The lowest BCUT2D eigenvalue weighted by molar-refractivity contribution is -0.141. The summed E-state index contributed by atoms with van der Waals surface area (Å²) in [5, 5.41) is 11.5. The molecular formula is C11H21NO4S. The molecule has 0 aromatic heterocycles. The van der Waals surface area contributed by atoms with Crippen LogP contribution in [0.5, 0.6) is 0 Å².